The molecule has 0 fully saturated rings. The number of aromatic carboxylic acids is 1. The van der Waals surface area contributed by atoms with E-state index in [2.05, 4.69) is 21.2 Å². The Balaban J connectivity index is 2.22. The van der Waals surface area contributed by atoms with E-state index in [1.807, 2.05) is 0 Å². The Kier molecular flexibility index (Phi) is 4.14. The first-order chi connectivity index (χ1) is 9.49. The van der Waals surface area contributed by atoms with E-state index < -0.39 is 17.7 Å². The average Bonchev–Trinajstić information content (AvgIpc) is 2.43. The molecule has 0 unspecified atom stereocenters. The van der Waals surface area contributed by atoms with Crippen LogP contribution in [0.4, 0.5) is 10.1 Å². The molecule has 2 aromatic rings. The lowest BCUT2D eigenvalue weighted by molar-refractivity contribution is 0.0696. The molecular weight excluding hydrogens is 329 g/mol. The van der Waals surface area contributed by atoms with Crippen molar-refractivity contribution in [3.63, 3.8) is 0 Å². The van der Waals surface area contributed by atoms with E-state index in [9.17, 15) is 14.0 Å². The Morgan fingerprint density at radius 1 is 1.05 bits per heavy atom. The molecule has 2 rings (SSSR count). The van der Waals surface area contributed by atoms with Crippen LogP contribution < -0.4 is 5.32 Å². The zero-order valence-corrected chi connectivity index (χ0v) is 11.6. The zero-order chi connectivity index (χ0) is 14.7. The molecule has 0 spiro atoms. The average molecular weight is 338 g/mol. The summed E-state index contributed by atoms with van der Waals surface area (Å²) in [4.78, 5) is 22.7. The first kappa shape index (κ1) is 14.2. The number of amides is 1. The summed E-state index contributed by atoms with van der Waals surface area (Å²) in [5, 5.41) is 11.2. The summed E-state index contributed by atoms with van der Waals surface area (Å²) in [7, 11) is 0. The van der Waals surface area contributed by atoms with Crippen LogP contribution >= 0.6 is 15.9 Å². The van der Waals surface area contributed by atoms with E-state index in [1.54, 1.807) is 6.07 Å². The minimum atomic E-state index is -1.08. The summed E-state index contributed by atoms with van der Waals surface area (Å²) in [5.74, 6) is -2.16. The number of nitrogens with one attached hydrogen (secondary N) is 1. The van der Waals surface area contributed by atoms with Crippen molar-refractivity contribution < 1.29 is 19.1 Å². The third-order valence-corrected chi connectivity index (χ3v) is 3.26. The topological polar surface area (TPSA) is 66.4 Å². The van der Waals surface area contributed by atoms with Crippen molar-refractivity contribution in [3.8, 4) is 0 Å². The van der Waals surface area contributed by atoms with Gasteiger partial charge in [0.2, 0.25) is 0 Å². The molecule has 0 atom stereocenters. The molecule has 0 saturated heterocycles. The number of carboxylic acid groups (broad SMARTS) is 1. The quantitative estimate of drug-likeness (QED) is 0.900. The number of carboxylic acids is 1. The van der Waals surface area contributed by atoms with Gasteiger partial charge in [-0.25, -0.2) is 9.18 Å². The monoisotopic (exact) mass is 337 g/mol. The molecule has 1 amide bonds. The third-order valence-electron chi connectivity index (χ3n) is 2.60. The fourth-order valence-corrected chi connectivity index (χ4v) is 2.01. The van der Waals surface area contributed by atoms with Gasteiger partial charge in [-0.15, -0.1) is 0 Å². The molecule has 0 aliphatic rings. The van der Waals surface area contributed by atoms with Gasteiger partial charge in [0, 0.05) is 10.0 Å². The molecule has 4 nitrogen and oxygen atoms in total. The number of halogens is 2. The van der Waals surface area contributed by atoms with Crippen molar-refractivity contribution in [2.24, 2.45) is 0 Å². The summed E-state index contributed by atoms with van der Waals surface area (Å²) >= 11 is 3.15. The smallest absolute Gasteiger partial charge is 0.335 e. The summed E-state index contributed by atoms with van der Waals surface area (Å²) in [5.41, 5.74) is 0.360. The predicted molar refractivity (Wildman–Crippen MR) is 75.5 cm³/mol. The van der Waals surface area contributed by atoms with Gasteiger partial charge >= 0.3 is 5.97 Å². The SMILES string of the molecule is O=C(O)c1ccc(C(=O)Nc2c(F)cccc2Br)cc1. The van der Waals surface area contributed by atoms with Crippen LogP contribution in [0.15, 0.2) is 46.9 Å². The van der Waals surface area contributed by atoms with Gasteiger partial charge in [-0.05, 0) is 52.3 Å². The number of anilines is 1. The van der Waals surface area contributed by atoms with Gasteiger partial charge in [-0.3, -0.25) is 4.79 Å². The van der Waals surface area contributed by atoms with Gasteiger partial charge in [0.1, 0.15) is 5.82 Å². The van der Waals surface area contributed by atoms with Gasteiger partial charge in [-0.1, -0.05) is 6.07 Å². The number of rotatable bonds is 3. The van der Waals surface area contributed by atoms with Gasteiger partial charge in [0.15, 0.2) is 0 Å². The van der Waals surface area contributed by atoms with Crippen molar-refractivity contribution in [2.75, 3.05) is 5.32 Å². The van der Waals surface area contributed by atoms with Crippen molar-refractivity contribution in [3.05, 3.63) is 63.9 Å². The van der Waals surface area contributed by atoms with E-state index in [4.69, 9.17) is 5.11 Å². The lowest BCUT2D eigenvalue weighted by Gasteiger charge is -2.08. The van der Waals surface area contributed by atoms with Crippen molar-refractivity contribution in [1.82, 2.24) is 0 Å². The molecule has 0 bridgehead atoms. The molecule has 2 N–H and O–H groups in total. The highest BCUT2D eigenvalue weighted by Gasteiger charge is 2.12. The number of benzene rings is 2. The summed E-state index contributed by atoms with van der Waals surface area (Å²) in [6, 6.07) is 9.71. The highest BCUT2D eigenvalue weighted by atomic mass is 79.9. The Bertz CT molecular complexity index is 650. The van der Waals surface area contributed by atoms with Crippen LogP contribution in [0.2, 0.25) is 0 Å². The number of hydrogen-bond donors (Lipinski definition) is 2. The minimum Gasteiger partial charge on any atom is -0.478 e. The molecule has 0 aliphatic heterocycles. The van der Waals surface area contributed by atoms with Gasteiger partial charge < -0.3 is 10.4 Å². The van der Waals surface area contributed by atoms with Crippen molar-refractivity contribution >= 4 is 33.5 Å². The van der Waals surface area contributed by atoms with Crippen molar-refractivity contribution in [2.45, 2.75) is 0 Å². The third kappa shape index (κ3) is 3.03. The lowest BCUT2D eigenvalue weighted by Crippen LogP contribution is -2.13. The molecular formula is C14H9BrFNO3. The summed E-state index contributed by atoms with van der Waals surface area (Å²) < 4.78 is 14.0. The normalized spacial score (nSPS) is 10.1. The standard InChI is InChI=1S/C14H9BrFNO3/c15-10-2-1-3-11(16)12(10)17-13(18)8-4-6-9(7-5-8)14(19)20/h1-7H,(H,17,18)(H,19,20). The molecule has 2 aromatic carbocycles. The Morgan fingerprint density at radius 3 is 2.20 bits per heavy atom. The maximum absolute atomic E-state index is 13.6. The highest BCUT2D eigenvalue weighted by molar-refractivity contribution is 9.10. The molecule has 20 heavy (non-hydrogen) atoms. The van der Waals surface area contributed by atoms with Gasteiger partial charge in [-0.2, -0.15) is 0 Å². The van der Waals surface area contributed by atoms with Gasteiger partial charge in [0.25, 0.3) is 5.91 Å². The van der Waals surface area contributed by atoms with Crippen LogP contribution in [0.5, 0.6) is 0 Å². The van der Waals surface area contributed by atoms with Crippen LogP contribution in [0.1, 0.15) is 20.7 Å². The zero-order valence-electron chi connectivity index (χ0n) is 10.1. The predicted octanol–water partition coefficient (Wildman–Crippen LogP) is 3.54. The van der Waals surface area contributed by atoms with Crippen LogP contribution in [0, 0.1) is 5.82 Å². The Hall–Kier alpha value is -2.21. The second-order valence-electron chi connectivity index (χ2n) is 3.93. The number of carbonyl (C=O) groups is 2. The fourth-order valence-electron chi connectivity index (χ4n) is 1.57. The van der Waals surface area contributed by atoms with Gasteiger partial charge in [0.05, 0.1) is 11.3 Å². The van der Waals surface area contributed by atoms with E-state index in [-0.39, 0.29) is 16.8 Å². The first-order valence-electron chi connectivity index (χ1n) is 5.58. The molecule has 0 saturated carbocycles. The van der Waals surface area contributed by atoms with Crippen LogP contribution in [-0.4, -0.2) is 17.0 Å². The van der Waals surface area contributed by atoms with E-state index in [1.165, 1.54) is 36.4 Å². The minimum absolute atomic E-state index is 0.0415. The van der Waals surface area contributed by atoms with Crippen LogP contribution in [0.3, 0.4) is 0 Å². The maximum Gasteiger partial charge on any atom is 0.335 e. The van der Waals surface area contributed by atoms with E-state index >= 15 is 0 Å². The van der Waals surface area contributed by atoms with E-state index in [0.717, 1.165) is 0 Å². The first-order valence-corrected chi connectivity index (χ1v) is 6.37. The van der Waals surface area contributed by atoms with Crippen LogP contribution in [-0.2, 0) is 0 Å². The maximum atomic E-state index is 13.6. The molecule has 0 aromatic heterocycles. The number of carbonyl (C=O) groups excluding carboxylic acids is 1. The van der Waals surface area contributed by atoms with E-state index in [0.29, 0.717) is 4.47 Å². The molecule has 0 heterocycles. The fraction of sp³-hybridized carbons (Fsp3) is 0. The number of hydrogen-bond acceptors (Lipinski definition) is 2. The van der Waals surface area contributed by atoms with Crippen LogP contribution in [0.25, 0.3) is 0 Å². The molecule has 6 heteroatoms. The molecule has 102 valence electrons. The summed E-state index contributed by atoms with van der Waals surface area (Å²) in [6.45, 7) is 0. The number of para-hydroxylation sites is 1. The second-order valence-corrected chi connectivity index (χ2v) is 4.79. The summed E-state index contributed by atoms with van der Waals surface area (Å²) in [6.07, 6.45) is 0. The second kappa shape index (κ2) is 5.83. The largest absolute Gasteiger partial charge is 0.478 e. The molecule has 0 radical (unpaired) electrons. The highest BCUT2D eigenvalue weighted by Crippen LogP contribution is 2.25. The Morgan fingerprint density at radius 2 is 1.65 bits per heavy atom. The van der Waals surface area contributed by atoms with Crippen molar-refractivity contribution in [1.29, 1.82) is 0 Å². The molecule has 0 aliphatic carbocycles. The Labute approximate surface area is 122 Å². The lowest BCUT2D eigenvalue weighted by atomic mass is 10.1.